The van der Waals surface area contributed by atoms with Crippen LogP contribution in [-0.4, -0.2) is 6.17 Å². The molecule has 0 atom stereocenters. The molecule has 0 amide bonds. The van der Waals surface area contributed by atoms with E-state index in [-0.39, 0.29) is 5.69 Å². The van der Waals surface area contributed by atoms with Gasteiger partial charge in [0.2, 0.25) is 0 Å². The van der Waals surface area contributed by atoms with Gasteiger partial charge in [0.05, 0.1) is 0 Å². The van der Waals surface area contributed by atoms with Crippen LogP contribution in [-0.2, 0) is 0 Å². The van der Waals surface area contributed by atoms with E-state index in [0.717, 1.165) is 11.2 Å². The van der Waals surface area contributed by atoms with Gasteiger partial charge in [-0.25, -0.2) is 0 Å². The van der Waals surface area contributed by atoms with Gasteiger partial charge in [-0.3, -0.25) is 0 Å². The van der Waals surface area contributed by atoms with Crippen LogP contribution in [0.5, 0.6) is 0 Å². The molecule has 1 rings (SSSR count). The van der Waals surface area contributed by atoms with Crippen molar-refractivity contribution in [3.8, 4) is 6.07 Å². The van der Waals surface area contributed by atoms with Crippen LogP contribution in [0.15, 0.2) is 0 Å². The molecule has 3 nitrogen and oxygen atoms in total. The van der Waals surface area contributed by atoms with Crippen molar-refractivity contribution in [2.45, 2.75) is 0 Å². The molecule has 48 valence electrons. The van der Waals surface area contributed by atoms with Gasteiger partial charge in [0, 0.05) is 0 Å². The molecule has 0 saturated carbocycles. The van der Waals surface area contributed by atoms with Crippen molar-refractivity contribution in [2.75, 3.05) is 0 Å². The molecule has 1 aromatic rings. The van der Waals surface area contributed by atoms with Crippen LogP contribution in [0.4, 0.5) is 10.7 Å². The van der Waals surface area contributed by atoms with Crippen LogP contribution in [0.1, 0.15) is 5.46 Å². The first-order valence-electron chi connectivity index (χ1n) is 2.60. The van der Waals surface area contributed by atoms with Crippen LogP contribution < -0.4 is 0 Å². The number of nitriles is 1. The van der Waals surface area contributed by atoms with E-state index in [4.69, 9.17) is 18.4 Å². The van der Waals surface area contributed by atoms with Gasteiger partial charge in [-0.1, -0.05) is 0 Å². The van der Waals surface area contributed by atoms with Gasteiger partial charge in [-0.2, -0.15) is 0 Å². The zero-order valence-electron chi connectivity index (χ0n) is 5.33. The van der Waals surface area contributed by atoms with Crippen molar-refractivity contribution in [1.82, 2.24) is 0 Å². The molecule has 0 aliphatic carbocycles. The second-order valence-corrected chi connectivity index (χ2v) is 2.50. The summed E-state index contributed by atoms with van der Waals surface area (Å²) in [5.41, 5.74) is 0.489. The molecular weight excluding hydrogens is 157 g/mol. The van der Waals surface area contributed by atoms with E-state index < -0.39 is 0 Å². The zero-order valence-corrected chi connectivity index (χ0v) is 6.14. The number of hydrogen-bond acceptors (Lipinski definition) is 2. The third-order valence-corrected chi connectivity index (χ3v) is 1.94. The Hall–Kier alpha value is -1.64. The molecule has 0 saturated heterocycles. The second-order valence-electron chi connectivity index (χ2n) is 1.64. The van der Waals surface area contributed by atoms with E-state index in [2.05, 4.69) is 9.69 Å². The van der Waals surface area contributed by atoms with Crippen LogP contribution in [0.2, 0.25) is 0 Å². The molecule has 0 fully saturated rings. The van der Waals surface area contributed by atoms with Crippen LogP contribution >= 0.6 is 11.2 Å². The van der Waals surface area contributed by atoms with E-state index in [0.29, 0.717) is 10.5 Å². The molecule has 11 heavy (non-hydrogen) atoms. The Bertz CT molecular complexity index is 369. The predicted molar refractivity (Wildman–Crippen MR) is 42.9 cm³/mol. The Labute approximate surface area is 68.3 Å². The molecule has 0 aliphatic heterocycles. The average molecular weight is 157 g/mol. The van der Waals surface area contributed by atoms with Gasteiger partial charge < -0.3 is 0 Å². The van der Waals surface area contributed by atoms with E-state index in [1.165, 1.54) is 6.17 Å². The Morgan fingerprint density at radius 1 is 1.45 bits per heavy atom. The van der Waals surface area contributed by atoms with Crippen LogP contribution in [0, 0.1) is 24.5 Å². The number of nitrogens with zero attached hydrogens (tertiary/aromatic N) is 3. The third-order valence-electron chi connectivity index (χ3n) is 1.08. The van der Waals surface area contributed by atoms with Crippen LogP contribution in [0.25, 0.3) is 9.69 Å². The van der Waals surface area contributed by atoms with Gasteiger partial charge in [-0.15, -0.1) is 0 Å². The summed E-state index contributed by atoms with van der Waals surface area (Å²) >= 11 is 1.13. The SMILES string of the molecule is [C-]#[N+]c1sbc(C#N)c1[N+]#[C-]. The van der Waals surface area contributed by atoms with Crippen molar-refractivity contribution in [1.29, 1.82) is 5.26 Å². The van der Waals surface area contributed by atoms with Crippen molar-refractivity contribution < 1.29 is 0 Å². The zero-order chi connectivity index (χ0) is 8.27. The fourth-order valence-electron chi connectivity index (χ4n) is 0.608. The predicted octanol–water partition coefficient (Wildman–Crippen LogP) is 2.06. The fourth-order valence-corrected chi connectivity index (χ4v) is 1.32. The Kier molecular flexibility index (Phi) is 2.02. The maximum absolute atomic E-state index is 8.47. The summed E-state index contributed by atoms with van der Waals surface area (Å²) < 4.78 is 0. The molecule has 1 aromatic heterocycles. The average Bonchev–Trinajstić information content (AvgIpc) is 2.45. The minimum absolute atomic E-state index is 0.188. The molecule has 5 heteroatoms. The fraction of sp³-hybridized carbons (Fsp3) is 0. The summed E-state index contributed by atoms with van der Waals surface area (Å²) in [6.07, 6.45) is 1.53. The van der Waals surface area contributed by atoms with Gasteiger partial charge in [-0.05, 0) is 0 Å². The topological polar surface area (TPSA) is 32.5 Å². The van der Waals surface area contributed by atoms with E-state index in [9.17, 15) is 0 Å². The molecule has 0 bridgehead atoms. The quantitative estimate of drug-likeness (QED) is 0.530. The minimum atomic E-state index is 0.188. The first kappa shape index (κ1) is 7.47. The molecular formula is C6BN3S. The van der Waals surface area contributed by atoms with Crippen molar-refractivity contribution in [3.63, 3.8) is 0 Å². The van der Waals surface area contributed by atoms with E-state index in [1.54, 1.807) is 0 Å². The van der Waals surface area contributed by atoms with Crippen molar-refractivity contribution in [3.05, 3.63) is 28.3 Å². The van der Waals surface area contributed by atoms with Crippen molar-refractivity contribution >= 4 is 28.0 Å². The summed E-state index contributed by atoms with van der Waals surface area (Å²) in [7, 11) is 0. The van der Waals surface area contributed by atoms with Gasteiger partial charge in [0.1, 0.15) is 0 Å². The Morgan fingerprint density at radius 3 is 2.64 bits per heavy atom. The second kappa shape index (κ2) is 2.97. The Balaban J connectivity index is 3.41. The molecule has 0 radical (unpaired) electrons. The van der Waals surface area contributed by atoms with Crippen LogP contribution in [0.3, 0.4) is 0 Å². The molecule has 0 aromatic carbocycles. The van der Waals surface area contributed by atoms with Gasteiger partial charge >= 0.3 is 67.7 Å². The van der Waals surface area contributed by atoms with Gasteiger partial charge in [0.15, 0.2) is 0 Å². The molecule has 0 N–H and O–H groups in total. The monoisotopic (exact) mass is 157 g/mol. The van der Waals surface area contributed by atoms with E-state index in [1.807, 2.05) is 6.07 Å². The summed E-state index contributed by atoms with van der Waals surface area (Å²) in [5, 5.41) is 8.77. The normalized spacial score (nSPS) is 7.36. The molecule has 1 heterocycles. The van der Waals surface area contributed by atoms with Crippen molar-refractivity contribution in [2.24, 2.45) is 0 Å². The number of rotatable bonds is 0. The molecule has 0 spiro atoms. The first-order chi connectivity index (χ1) is 5.33. The summed E-state index contributed by atoms with van der Waals surface area (Å²) in [5.74, 6) is 0. The third kappa shape index (κ3) is 1.12. The molecule has 0 unspecified atom stereocenters. The van der Waals surface area contributed by atoms with Gasteiger partial charge in [0.25, 0.3) is 0 Å². The Morgan fingerprint density at radius 2 is 2.18 bits per heavy atom. The summed E-state index contributed by atoms with van der Waals surface area (Å²) in [4.78, 5) is 6.21. The first-order valence-corrected chi connectivity index (χ1v) is 3.48. The summed E-state index contributed by atoms with van der Waals surface area (Å²) in [6.45, 7) is 13.3. The maximum atomic E-state index is 8.47. The summed E-state index contributed by atoms with van der Waals surface area (Å²) in [6, 6.07) is 1.85. The number of hydrogen-bond donors (Lipinski definition) is 0. The van der Waals surface area contributed by atoms with E-state index >= 15 is 0 Å². The molecule has 0 aliphatic rings. The standard InChI is InChI=1S/C6BN3S/c1-9-5-4(3-8)7-11-6(5)10-2.